The summed E-state index contributed by atoms with van der Waals surface area (Å²) in [5.74, 6) is 0.655. The number of carbonyl (C=O) groups excluding carboxylic acids is 1. The van der Waals surface area contributed by atoms with Crippen LogP contribution in [0.3, 0.4) is 0 Å². The van der Waals surface area contributed by atoms with Gasteiger partial charge in [0.1, 0.15) is 17.5 Å². The fraction of sp³-hybridized carbons (Fsp3) is 0.562. The van der Waals surface area contributed by atoms with Crippen LogP contribution in [0.25, 0.3) is 0 Å². The molecule has 0 N–H and O–H groups in total. The lowest BCUT2D eigenvalue weighted by Crippen LogP contribution is -2.37. The molecule has 1 aromatic carbocycles. The first-order valence-electron chi connectivity index (χ1n) is 6.77. The number of rotatable bonds is 3. The van der Waals surface area contributed by atoms with E-state index in [1.54, 1.807) is 6.07 Å². The number of carbonyl (C=O) groups is 1. The first kappa shape index (κ1) is 15.5. The van der Waals surface area contributed by atoms with E-state index in [-0.39, 0.29) is 17.3 Å². The number of hydrogen-bond acceptors (Lipinski definition) is 3. The highest BCUT2D eigenvalue weighted by atomic mass is 79.9. The molecule has 4 heteroatoms. The standard InChI is InChI=1S/C16H21BrO3/c1-10-6-12(17)7-11(9-18)14(10)19-13-8-15(2,3)20-16(13,4)5/h6-7,9,13H,8H2,1-5H3. The molecule has 0 aromatic heterocycles. The van der Waals surface area contributed by atoms with Gasteiger partial charge in [0.2, 0.25) is 0 Å². The summed E-state index contributed by atoms with van der Waals surface area (Å²) < 4.78 is 13.1. The lowest BCUT2D eigenvalue weighted by molar-refractivity contribution is -0.0847. The Labute approximate surface area is 128 Å². The third kappa shape index (κ3) is 3.07. The summed E-state index contributed by atoms with van der Waals surface area (Å²) in [7, 11) is 0. The molecule has 1 fully saturated rings. The van der Waals surface area contributed by atoms with Gasteiger partial charge in [-0.3, -0.25) is 4.79 Å². The fourth-order valence-corrected chi connectivity index (χ4v) is 3.43. The summed E-state index contributed by atoms with van der Waals surface area (Å²) in [6.07, 6.45) is 1.56. The average Bonchev–Trinajstić information content (AvgIpc) is 2.49. The minimum absolute atomic E-state index is 0.0731. The molecule has 1 aliphatic rings. The normalized spacial score (nSPS) is 23.6. The molecule has 0 spiro atoms. The van der Waals surface area contributed by atoms with Gasteiger partial charge >= 0.3 is 0 Å². The molecule has 1 aromatic rings. The molecule has 0 bridgehead atoms. The summed E-state index contributed by atoms with van der Waals surface area (Å²) >= 11 is 3.40. The molecular weight excluding hydrogens is 320 g/mol. The van der Waals surface area contributed by atoms with Gasteiger partial charge in [-0.2, -0.15) is 0 Å². The van der Waals surface area contributed by atoms with Crippen molar-refractivity contribution < 1.29 is 14.3 Å². The van der Waals surface area contributed by atoms with E-state index in [4.69, 9.17) is 9.47 Å². The average molecular weight is 341 g/mol. The topological polar surface area (TPSA) is 35.5 Å². The van der Waals surface area contributed by atoms with Gasteiger partial charge in [-0.25, -0.2) is 0 Å². The van der Waals surface area contributed by atoms with Crippen LogP contribution in [0.1, 0.15) is 50.0 Å². The number of benzene rings is 1. The van der Waals surface area contributed by atoms with Crippen molar-refractivity contribution in [3.8, 4) is 5.75 Å². The largest absolute Gasteiger partial charge is 0.486 e. The van der Waals surface area contributed by atoms with Gasteiger partial charge in [0.25, 0.3) is 0 Å². The van der Waals surface area contributed by atoms with E-state index in [2.05, 4.69) is 29.8 Å². The summed E-state index contributed by atoms with van der Waals surface area (Å²) in [4.78, 5) is 11.3. The Bertz CT molecular complexity index is 535. The highest BCUT2D eigenvalue weighted by Crippen LogP contribution is 2.40. The third-order valence-electron chi connectivity index (χ3n) is 3.65. The van der Waals surface area contributed by atoms with Gasteiger partial charge in [-0.15, -0.1) is 0 Å². The highest BCUT2D eigenvalue weighted by molar-refractivity contribution is 9.10. The molecule has 0 saturated carbocycles. The van der Waals surface area contributed by atoms with E-state index >= 15 is 0 Å². The van der Waals surface area contributed by atoms with E-state index in [9.17, 15) is 4.79 Å². The van der Waals surface area contributed by atoms with Gasteiger partial charge in [0.15, 0.2) is 6.29 Å². The Kier molecular flexibility index (Phi) is 4.00. The van der Waals surface area contributed by atoms with Crippen molar-refractivity contribution in [2.24, 2.45) is 0 Å². The predicted molar refractivity (Wildman–Crippen MR) is 82.5 cm³/mol. The van der Waals surface area contributed by atoms with E-state index in [1.807, 2.05) is 26.8 Å². The molecule has 0 amide bonds. The van der Waals surface area contributed by atoms with Crippen LogP contribution >= 0.6 is 15.9 Å². The van der Waals surface area contributed by atoms with Crippen LogP contribution in [0.4, 0.5) is 0 Å². The number of aryl methyl sites for hydroxylation is 1. The molecule has 0 radical (unpaired) electrons. The van der Waals surface area contributed by atoms with Crippen LogP contribution in [0.5, 0.6) is 5.75 Å². The zero-order valence-electron chi connectivity index (χ0n) is 12.6. The van der Waals surface area contributed by atoms with Gasteiger partial charge in [0.05, 0.1) is 11.2 Å². The molecule has 1 atom stereocenters. The Balaban J connectivity index is 2.33. The quantitative estimate of drug-likeness (QED) is 0.769. The van der Waals surface area contributed by atoms with E-state index in [0.717, 1.165) is 22.7 Å². The molecule has 20 heavy (non-hydrogen) atoms. The maximum atomic E-state index is 11.3. The zero-order valence-corrected chi connectivity index (χ0v) is 14.2. The van der Waals surface area contributed by atoms with Gasteiger partial charge in [-0.05, 0) is 52.3 Å². The Morgan fingerprint density at radius 3 is 2.50 bits per heavy atom. The van der Waals surface area contributed by atoms with Crippen molar-refractivity contribution in [2.45, 2.75) is 58.3 Å². The molecule has 1 unspecified atom stereocenters. The minimum atomic E-state index is -0.372. The molecule has 3 nitrogen and oxygen atoms in total. The molecular formula is C16H21BrO3. The minimum Gasteiger partial charge on any atom is -0.486 e. The Morgan fingerprint density at radius 1 is 1.35 bits per heavy atom. The monoisotopic (exact) mass is 340 g/mol. The van der Waals surface area contributed by atoms with Crippen LogP contribution in [-0.2, 0) is 4.74 Å². The maximum absolute atomic E-state index is 11.3. The van der Waals surface area contributed by atoms with Crippen LogP contribution in [-0.4, -0.2) is 23.6 Å². The molecule has 1 heterocycles. The molecule has 1 saturated heterocycles. The van der Waals surface area contributed by atoms with Crippen LogP contribution in [0.2, 0.25) is 0 Å². The van der Waals surface area contributed by atoms with E-state index in [1.165, 1.54) is 0 Å². The molecule has 110 valence electrons. The second-order valence-corrected chi connectivity index (χ2v) is 7.45. The van der Waals surface area contributed by atoms with Crippen molar-refractivity contribution >= 4 is 22.2 Å². The van der Waals surface area contributed by atoms with Crippen LogP contribution < -0.4 is 4.74 Å². The van der Waals surface area contributed by atoms with Crippen molar-refractivity contribution in [2.75, 3.05) is 0 Å². The fourth-order valence-electron chi connectivity index (χ4n) is 2.84. The molecule has 0 aliphatic carbocycles. The SMILES string of the molecule is Cc1cc(Br)cc(C=O)c1OC1CC(C)(C)OC1(C)C. The summed E-state index contributed by atoms with van der Waals surface area (Å²) in [5, 5.41) is 0. The Morgan fingerprint density at radius 2 is 2.00 bits per heavy atom. The maximum Gasteiger partial charge on any atom is 0.153 e. The predicted octanol–water partition coefficient (Wildman–Crippen LogP) is 4.29. The lowest BCUT2D eigenvalue weighted by Gasteiger charge is -2.28. The zero-order chi connectivity index (χ0) is 15.1. The molecule has 2 rings (SSSR count). The second-order valence-electron chi connectivity index (χ2n) is 6.53. The van der Waals surface area contributed by atoms with Crippen molar-refractivity contribution in [1.29, 1.82) is 0 Å². The van der Waals surface area contributed by atoms with Gasteiger partial charge in [-0.1, -0.05) is 15.9 Å². The Hall–Kier alpha value is -0.870. The van der Waals surface area contributed by atoms with Gasteiger partial charge in [0, 0.05) is 10.9 Å². The summed E-state index contributed by atoms with van der Waals surface area (Å²) in [5.41, 5.74) is 0.932. The third-order valence-corrected chi connectivity index (χ3v) is 4.10. The number of ether oxygens (including phenoxy) is 2. The van der Waals surface area contributed by atoms with Crippen molar-refractivity contribution in [3.63, 3.8) is 0 Å². The number of hydrogen-bond donors (Lipinski definition) is 0. The lowest BCUT2D eigenvalue weighted by atomic mass is 9.97. The number of halogens is 1. The summed E-state index contributed by atoms with van der Waals surface area (Å²) in [6.45, 7) is 10.1. The first-order valence-corrected chi connectivity index (χ1v) is 7.56. The van der Waals surface area contributed by atoms with Gasteiger partial charge < -0.3 is 9.47 Å². The van der Waals surface area contributed by atoms with E-state index < -0.39 is 0 Å². The van der Waals surface area contributed by atoms with Crippen molar-refractivity contribution in [3.05, 3.63) is 27.7 Å². The second kappa shape index (κ2) is 5.15. The van der Waals surface area contributed by atoms with Crippen LogP contribution in [0, 0.1) is 6.92 Å². The number of aldehydes is 1. The molecule has 1 aliphatic heterocycles. The van der Waals surface area contributed by atoms with Crippen molar-refractivity contribution in [1.82, 2.24) is 0 Å². The van der Waals surface area contributed by atoms with E-state index in [0.29, 0.717) is 11.3 Å². The smallest absolute Gasteiger partial charge is 0.153 e. The highest BCUT2D eigenvalue weighted by Gasteiger charge is 2.47. The first-order chi connectivity index (χ1) is 9.14. The summed E-state index contributed by atoms with van der Waals surface area (Å²) in [6, 6.07) is 3.74. The van der Waals surface area contributed by atoms with Crippen LogP contribution in [0.15, 0.2) is 16.6 Å².